The number of benzene rings is 1. The minimum Gasteiger partial charge on any atom is -0.385 e. The number of ketones is 1. The molecule has 1 aliphatic rings. The van der Waals surface area contributed by atoms with Crippen LogP contribution in [0.1, 0.15) is 27.6 Å². The maximum absolute atomic E-state index is 12.5. The average Bonchev–Trinajstić information content (AvgIpc) is 2.84. The Morgan fingerprint density at radius 2 is 2.11 bits per heavy atom. The molecule has 4 heteroatoms. The van der Waals surface area contributed by atoms with E-state index in [9.17, 15) is 4.79 Å². The van der Waals surface area contributed by atoms with E-state index in [-0.39, 0.29) is 11.7 Å². The first-order chi connectivity index (χ1) is 8.75. The first-order valence-corrected chi connectivity index (χ1v) is 7.07. The zero-order valence-corrected chi connectivity index (χ0v) is 11.2. The van der Waals surface area contributed by atoms with Gasteiger partial charge in [0.15, 0.2) is 5.78 Å². The monoisotopic (exact) mass is 277 g/mol. The summed E-state index contributed by atoms with van der Waals surface area (Å²) in [5, 5.41) is 3.33. The Bertz CT molecular complexity index is 593. The number of nitrogens with one attached hydrogen (secondary N) is 1. The van der Waals surface area contributed by atoms with Crippen LogP contribution >= 0.6 is 22.9 Å². The van der Waals surface area contributed by atoms with Crippen LogP contribution in [0, 0.1) is 0 Å². The lowest BCUT2D eigenvalue weighted by Crippen LogP contribution is -2.22. The largest absolute Gasteiger partial charge is 0.385 e. The van der Waals surface area contributed by atoms with Crippen molar-refractivity contribution >= 4 is 34.4 Å². The van der Waals surface area contributed by atoms with Crippen molar-refractivity contribution in [2.24, 2.45) is 0 Å². The number of para-hydroxylation sites is 1. The molecule has 3 rings (SSSR count). The summed E-state index contributed by atoms with van der Waals surface area (Å²) in [5.41, 5.74) is 2.17. The summed E-state index contributed by atoms with van der Waals surface area (Å²) in [6.07, 6.45) is 0.839. The second kappa shape index (κ2) is 4.75. The smallest absolute Gasteiger partial charge is 0.180 e. The Morgan fingerprint density at radius 3 is 2.89 bits per heavy atom. The summed E-state index contributed by atoms with van der Waals surface area (Å²) in [7, 11) is 0. The third-order valence-corrected chi connectivity index (χ3v) is 4.46. The molecule has 1 atom stereocenters. The molecule has 0 bridgehead atoms. The number of anilines is 1. The van der Waals surface area contributed by atoms with Gasteiger partial charge in [-0.25, -0.2) is 0 Å². The van der Waals surface area contributed by atoms with E-state index in [0.29, 0.717) is 4.34 Å². The predicted octanol–water partition coefficient (Wildman–Crippen LogP) is 4.18. The van der Waals surface area contributed by atoms with Gasteiger partial charge < -0.3 is 5.32 Å². The van der Waals surface area contributed by atoms with E-state index >= 15 is 0 Å². The highest BCUT2D eigenvalue weighted by molar-refractivity contribution is 7.18. The SMILES string of the molecule is O=C(c1ccc(Cl)s1)C1CCNc2ccccc21. The van der Waals surface area contributed by atoms with E-state index in [1.54, 1.807) is 6.07 Å². The Morgan fingerprint density at radius 1 is 1.28 bits per heavy atom. The Hall–Kier alpha value is -1.32. The molecule has 0 aliphatic carbocycles. The average molecular weight is 278 g/mol. The number of carbonyl (C=O) groups excluding carboxylic acids is 1. The molecule has 0 fully saturated rings. The van der Waals surface area contributed by atoms with Crippen LogP contribution in [-0.4, -0.2) is 12.3 Å². The molecule has 0 radical (unpaired) electrons. The molecule has 1 N–H and O–H groups in total. The number of Topliss-reactive ketones (excluding diaryl/α,β-unsaturated/α-hetero) is 1. The van der Waals surface area contributed by atoms with E-state index in [4.69, 9.17) is 11.6 Å². The first kappa shape index (κ1) is 11.8. The zero-order valence-electron chi connectivity index (χ0n) is 9.65. The van der Waals surface area contributed by atoms with Gasteiger partial charge in [-0.2, -0.15) is 0 Å². The van der Waals surface area contributed by atoms with Crippen molar-refractivity contribution < 1.29 is 4.79 Å². The second-order valence-electron chi connectivity index (χ2n) is 4.32. The Labute approximate surface area is 115 Å². The summed E-state index contributed by atoms with van der Waals surface area (Å²) in [6, 6.07) is 11.6. The Balaban J connectivity index is 1.96. The van der Waals surface area contributed by atoms with Crippen LogP contribution in [0.4, 0.5) is 5.69 Å². The highest BCUT2D eigenvalue weighted by atomic mass is 35.5. The first-order valence-electron chi connectivity index (χ1n) is 5.88. The molecule has 2 heterocycles. The molecule has 0 amide bonds. The number of rotatable bonds is 2. The van der Waals surface area contributed by atoms with Crippen molar-refractivity contribution in [3.05, 3.63) is 51.2 Å². The number of fused-ring (bicyclic) bond motifs is 1. The summed E-state index contributed by atoms with van der Waals surface area (Å²) in [4.78, 5) is 13.3. The van der Waals surface area contributed by atoms with Crippen LogP contribution < -0.4 is 5.32 Å². The van der Waals surface area contributed by atoms with Crippen molar-refractivity contribution in [3.63, 3.8) is 0 Å². The van der Waals surface area contributed by atoms with Gasteiger partial charge in [-0.1, -0.05) is 29.8 Å². The van der Waals surface area contributed by atoms with Crippen molar-refractivity contribution in [1.29, 1.82) is 0 Å². The zero-order chi connectivity index (χ0) is 12.5. The van der Waals surface area contributed by atoms with Crippen LogP contribution in [-0.2, 0) is 0 Å². The summed E-state index contributed by atoms with van der Waals surface area (Å²) < 4.78 is 0.667. The molecule has 2 aromatic rings. The van der Waals surface area contributed by atoms with E-state index < -0.39 is 0 Å². The standard InChI is InChI=1S/C14H12ClNOS/c15-13-6-5-12(18-13)14(17)10-7-8-16-11-4-2-1-3-9(10)11/h1-6,10,16H,7-8H2. The van der Waals surface area contributed by atoms with E-state index in [2.05, 4.69) is 5.32 Å². The molecule has 0 saturated carbocycles. The third kappa shape index (κ3) is 2.04. The predicted molar refractivity (Wildman–Crippen MR) is 75.9 cm³/mol. The van der Waals surface area contributed by atoms with Crippen molar-refractivity contribution in [2.75, 3.05) is 11.9 Å². The molecule has 92 valence electrons. The molecule has 1 unspecified atom stereocenters. The fraction of sp³-hybridized carbons (Fsp3) is 0.214. The minimum atomic E-state index is -0.0443. The van der Waals surface area contributed by atoms with Gasteiger partial charge in [0.25, 0.3) is 0 Å². The number of hydrogen-bond acceptors (Lipinski definition) is 3. The highest BCUT2D eigenvalue weighted by Gasteiger charge is 2.27. The normalized spacial score (nSPS) is 17.9. The molecular formula is C14H12ClNOS. The van der Waals surface area contributed by atoms with E-state index in [1.165, 1.54) is 11.3 Å². The van der Waals surface area contributed by atoms with Crippen LogP contribution in [0.25, 0.3) is 0 Å². The second-order valence-corrected chi connectivity index (χ2v) is 6.04. The van der Waals surface area contributed by atoms with Crippen LogP contribution in [0.15, 0.2) is 36.4 Å². The summed E-state index contributed by atoms with van der Waals surface area (Å²) in [5.74, 6) is 0.137. The lowest BCUT2D eigenvalue weighted by molar-refractivity contribution is 0.0959. The fourth-order valence-electron chi connectivity index (χ4n) is 2.36. The number of thiophene rings is 1. The molecule has 0 spiro atoms. The fourth-order valence-corrected chi connectivity index (χ4v) is 3.40. The van der Waals surface area contributed by atoms with E-state index in [1.807, 2.05) is 30.3 Å². The van der Waals surface area contributed by atoms with Gasteiger partial charge in [0.1, 0.15) is 0 Å². The highest BCUT2D eigenvalue weighted by Crippen LogP contribution is 2.35. The van der Waals surface area contributed by atoms with Crippen molar-refractivity contribution in [1.82, 2.24) is 0 Å². The maximum atomic E-state index is 12.5. The van der Waals surface area contributed by atoms with Gasteiger partial charge in [0, 0.05) is 12.2 Å². The topological polar surface area (TPSA) is 29.1 Å². The molecule has 0 saturated heterocycles. The molecule has 18 heavy (non-hydrogen) atoms. The number of halogens is 1. The lowest BCUT2D eigenvalue weighted by Gasteiger charge is -2.25. The van der Waals surface area contributed by atoms with Gasteiger partial charge in [-0.05, 0) is 30.2 Å². The summed E-state index contributed by atoms with van der Waals surface area (Å²) in [6.45, 7) is 0.840. The minimum absolute atomic E-state index is 0.0443. The Kier molecular flexibility index (Phi) is 3.10. The van der Waals surface area contributed by atoms with Crippen LogP contribution in [0.3, 0.4) is 0 Å². The van der Waals surface area contributed by atoms with Gasteiger partial charge >= 0.3 is 0 Å². The third-order valence-electron chi connectivity index (χ3n) is 3.22. The molecule has 1 aromatic carbocycles. The van der Waals surface area contributed by atoms with Gasteiger partial charge in [0.2, 0.25) is 0 Å². The number of carbonyl (C=O) groups is 1. The lowest BCUT2D eigenvalue weighted by atomic mass is 9.87. The number of hydrogen-bond donors (Lipinski definition) is 1. The molecule has 2 nitrogen and oxygen atoms in total. The van der Waals surface area contributed by atoms with Gasteiger partial charge in [-0.15, -0.1) is 11.3 Å². The molecule has 1 aliphatic heterocycles. The van der Waals surface area contributed by atoms with Crippen molar-refractivity contribution in [2.45, 2.75) is 12.3 Å². The van der Waals surface area contributed by atoms with Gasteiger partial charge in [-0.3, -0.25) is 4.79 Å². The maximum Gasteiger partial charge on any atom is 0.180 e. The van der Waals surface area contributed by atoms with Crippen molar-refractivity contribution in [3.8, 4) is 0 Å². The van der Waals surface area contributed by atoms with Crippen LogP contribution in [0.2, 0.25) is 4.34 Å². The molecule has 1 aromatic heterocycles. The molecular weight excluding hydrogens is 266 g/mol. The van der Waals surface area contributed by atoms with Gasteiger partial charge in [0.05, 0.1) is 15.1 Å². The quantitative estimate of drug-likeness (QED) is 0.834. The van der Waals surface area contributed by atoms with E-state index in [0.717, 1.165) is 29.1 Å². The summed E-state index contributed by atoms with van der Waals surface area (Å²) >= 11 is 7.26. The van der Waals surface area contributed by atoms with Crippen LogP contribution in [0.5, 0.6) is 0 Å².